The molecule has 3 rings (SSSR count). The third kappa shape index (κ3) is 2.99. The van der Waals surface area contributed by atoms with Crippen molar-refractivity contribution in [2.45, 2.75) is 23.5 Å². The number of hydrogen-bond acceptors (Lipinski definition) is 3. The molecule has 3 aromatic rings. The number of halogens is 1. The predicted molar refractivity (Wildman–Crippen MR) is 104 cm³/mol. The van der Waals surface area contributed by atoms with Gasteiger partial charge in [0.2, 0.25) is 5.91 Å². The Hall–Kier alpha value is -2.31. The molecule has 0 fully saturated rings. The molecule has 0 unspecified atom stereocenters. The van der Waals surface area contributed by atoms with Gasteiger partial charge >= 0.3 is 0 Å². The van der Waals surface area contributed by atoms with Gasteiger partial charge in [0.1, 0.15) is 4.75 Å². The zero-order valence-electron chi connectivity index (χ0n) is 14.7. The minimum Gasteiger partial charge on any atom is -0.361 e. The van der Waals surface area contributed by atoms with Crippen LogP contribution in [0.5, 0.6) is 0 Å². The standard InChI is InChI=1S/C19H19ClN2O3S/c1-19(2,26(24,25)16-8-5-14(20)6-9-16)18(23)22(3)15-7-4-13-10-11-21-17(13)12-15/h4-12,21H,1-3H3. The fourth-order valence-electron chi connectivity index (χ4n) is 2.79. The molecule has 136 valence electrons. The van der Waals surface area contributed by atoms with Gasteiger partial charge in [-0.3, -0.25) is 4.79 Å². The summed E-state index contributed by atoms with van der Waals surface area (Å²) >= 11 is 5.83. The number of aromatic amines is 1. The van der Waals surface area contributed by atoms with Crippen molar-refractivity contribution in [3.63, 3.8) is 0 Å². The number of sulfone groups is 1. The molecule has 0 radical (unpaired) electrons. The summed E-state index contributed by atoms with van der Waals surface area (Å²) in [5.41, 5.74) is 1.49. The number of nitrogens with one attached hydrogen (secondary N) is 1. The number of carbonyl (C=O) groups excluding carboxylic acids is 1. The van der Waals surface area contributed by atoms with Crippen LogP contribution in [0.3, 0.4) is 0 Å². The van der Waals surface area contributed by atoms with Gasteiger partial charge in [0, 0.05) is 29.5 Å². The highest BCUT2D eigenvalue weighted by Gasteiger charge is 2.44. The van der Waals surface area contributed by atoms with E-state index in [0.29, 0.717) is 10.7 Å². The molecule has 0 aliphatic heterocycles. The van der Waals surface area contributed by atoms with Gasteiger partial charge in [-0.2, -0.15) is 0 Å². The minimum atomic E-state index is -3.90. The Morgan fingerprint density at radius 1 is 1.08 bits per heavy atom. The van der Waals surface area contributed by atoms with Crippen LogP contribution in [0.1, 0.15) is 13.8 Å². The second kappa shape index (κ2) is 6.45. The van der Waals surface area contributed by atoms with Crippen molar-refractivity contribution in [2.75, 3.05) is 11.9 Å². The maximum Gasteiger partial charge on any atom is 0.247 e. The van der Waals surface area contributed by atoms with Crippen LogP contribution in [-0.4, -0.2) is 31.1 Å². The van der Waals surface area contributed by atoms with Gasteiger partial charge < -0.3 is 9.88 Å². The Kier molecular flexibility index (Phi) is 4.58. The number of hydrogen-bond donors (Lipinski definition) is 1. The molecular weight excluding hydrogens is 372 g/mol. The number of fused-ring (bicyclic) bond motifs is 1. The zero-order chi connectivity index (χ0) is 19.1. The molecule has 2 aromatic carbocycles. The van der Waals surface area contributed by atoms with E-state index in [1.165, 1.54) is 43.0 Å². The van der Waals surface area contributed by atoms with Crippen molar-refractivity contribution >= 4 is 43.9 Å². The molecular formula is C19H19ClN2O3S. The highest BCUT2D eigenvalue weighted by molar-refractivity contribution is 7.93. The minimum absolute atomic E-state index is 0.0634. The van der Waals surface area contributed by atoms with Crippen LogP contribution in [-0.2, 0) is 14.6 Å². The Morgan fingerprint density at radius 3 is 2.38 bits per heavy atom. The smallest absolute Gasteiger partial charge is 0.247 e. The van der Waals surface area contributed by atoms with Gasteiger partial charge in [0.25, 0.3) is 0 Å². The van der Waals surface area contributed by atoms with E-state index in [1.807, 2.05) is 24.4 Å². The van der Waals surface area contributed by atoms with Gasteiger partial charge in [0.15, 0.2) is 9.84 Å². The third-order valence-corrected chi connectivity index (χ3v) is 7.20. The van der Waals surface area contributed by atoms with Crippen molar-refractivity contribution in [2.24, 2.45) is 0 Å². The first-order valence-electron chi connectivity index (χ1n) is 8.00. The Balaban J connectivity index is 1.96. The lowest BCUT2D eigenvalue weighted by atomic mass is 10.1. The largest absolute Gasteiger partial charge is 0.361 e. The van der Waals surface area contributed by atoms with Crippen LogP contribution < -0.4 is 4.90 Å². The number of rotatable bonds is 4. The summed E-state index contributed by atoms with van der Waals surface area (Å²) < 4.78 is 24.4. The van der Waals surface area contributed by atoms with E-state index >= 15 is 0 Å². The van der Waals surface area contributed by atoms with Crippen LogP contribution in [0.4, 0.5) is 5.69 Å². The molecule has 1 amide bonds. The van der Waals surface area contributed by atoms with E-state index in [1.54, 1.807) is 13.1 Å². The third-order valence-electron chi connectivity index (χ3n) is 4.54. The molecule has 0 saturated heterocycles. The Morgan fingerprint density at radius 2 is 1.73 bits per heavy atom. The first-order valence-corrected chi connectivity index (χ1v) is 9.86. The van der Waals surface area contributed by atoms with Crippen LogP contribution in [0.2, 0.25) is 5.02 Å². The average molecular weight is 391 g/mol. The molecule has 0 spiro atoms. The second-order valence-electron chi connectivity index (χ2n) is 6.58. The summed E-state index contributed by atoms with van der Waals surface area (Å²) in [5.74, 6) is -0.515. The van der Waals surface area contributed by atoms with Gasteiger partial charge in [-0.1, -0.05) is 17.7 Å². The lowest BCUT2D eigenvalue weighted by molar-refractivity contribution is -0.120. The van der Waals surface area contributed by atoms with Crippen molar-refractivity contribution in [3.05, 3.63) is 59.8 Å². The SMILES string of the molecule is CN(C(=O)C(C)(C)S(=O)(=O)c1ccc(Cl)cc1)c1ccc2cc[nH]c2c1. The number of amides is 1. The molecule has 0 bridgehead atoms. The molecule has 0 atom stereocenters. The number of nitrogens with zero attached hydrogens (tertiary/aromatic N) is 1. The zero-order valence-corrected chi connectivity index (χ0v) is 16.2. The van der Waals surface area contributed by atoms with Crippen molar-refractivity contribution in [1.82, 2.24) is 4.98 Å². The van der Waals surface area contributed by atoms with Gasteiger partial charge in [0.05, 0.1) is 4.90 Å². The van der Waals surface area contributed by atoms with Gasteiger partial charge in [-0.15, -0.1) is 0 Å². The monoisotopic (exact) mass is 390 g/mol. The van der Waals surface area contributed by atoms with E-state index in [9.17, 15) is 13.2 Å². The molecule has 1 aromatic heterocycles. The number of H-pyrrole nitrogens is 1. The maximum absolute atomic E-state index is 13.0. The average Bonchev–Trinajstić information content (AvgIpc) is 3.08. The first-order chi connectivity index (χ1) is 12.1. The highest BCUT2D eigenvalue weighted by Crippen LogP contribution is 2.30. The molecule has 0 saturated carbocycles. The van der Waals surface area contributed by atoms with Crippen molar-refractivity contribution < 1.29 is 13.2 Å². The van der Waals surface area contributed by atoms with Crippen LogP contribution >= 0.6 is 11.6 Å². The molecule has 1 heterocycles. The maximum atomic E-state index is 13.0. The Bertz CT molecular complexity index is 1070. The van der Waals surface area contributed by atoms with E-state index in [4.69, 9.17) is 11.6 Å². The molecule has 0 aliphatic rings. The first kappa shape index (κ1) is 18.5. The van der Waals surface area contributed by atoms with Gasteiger partial charge in [-0.25, -0.2) is 8.42 Å². The topological polar surface area (TPSA) is 70.2 Å². The van der Waals surface area contributed by atoms with Crippen LogP contribution in [0.15, 0.2) is 59.6 Å². The normalized spacial score (nSPS) is 12.3. The number of aromatic nitrogens is 1. The second-order valence-corrected chi connectivity index (χ2v) is 9.52. The Labute approximate surface area is 157 Å². The predicted octanol–water partition coefficient (Wildman–Crippen LogP) is 4.04. The molecule has 0 aliphatic carbocycles. The molecule has 26 heavy (non-hydrogen) atoms. The summed E-state index contributed by atoms with van der Waals surface area (Å²) in [5, 5.41) is 1.45. The van der Waals surface area contributed by atoms with Crippen LogP contribution in [0.25, 0.3) is 10.9 Å². The van der Waals surface area contributed by atoms with Crippen molar-refractivity contribution in [3.8, 4) is 0 Å². The lowest BCUT2D eigenvalue weighted by Gasteiger charge is -2.29. The van der Waals surface area contributed by atoms with E-state index < -0.39 is 20.5 Å². The van der Waals surface area contributed by atoms with Gasteiger partial charge in [-0.05, 0) is 61.7 Å². The summed E-state index contributed by atoms with van der Waals surface area (Å²) in [6, 6.07) is 13.2. The van der Waals surface area contributed by atoms with Crippen LogP contribution in [0, 0.1) is 0 Å². The van der Waals surface area contributed by atoms with Crippen molar-refractivity contribution in [1.29, 1.82) is 0 Å². The summed E-state index contributed by atoms with van der Waals surface area (Å²) in [6.07, 6.45) is 1.81. The number of carbonyl (C=O) groups is 1. The summed E-state index contributed by atoms with van der Waals surface area (Å²) in [7, 11) is -2.32. The fraction of sp³-hybridized carbons (Fsp3) is 0.211. The van der Waals surface area contributed by atoms with E-state index in [2.05, 4.69) is 4.98 Å². The van der Waals surface area contributed by atoms with E-state index in [-0.39, 0.29) is 4.90 Å². The van der Waals surface area contributed by atoms with E-state index in [0.717, 1.165) is 10.9 Å². The lowest BCUT2D eigenvalue weighted by Crippen LogP contribution is -2.48. The molecule has 5 nitrogen and oxygen atoms in total. The number of anilines is 1. The fourth-order valence-corrected chi connectivity index (χ4v) is 4.37. The molecule has 7 heteroatoms. The summed E-state index contributed by atoms with van der Waals surface area (Å²) in [4.78, 5) is 17.6. The summed E-state index contributed by atoms with van der Waals surface area (Å²) in [6.45, 7) is 2.84. The quantitative estimate of drug-likeness (QED) is 0.730. The highest BCUT2D eigenvalue weighted by atomic mass is 35.5. The molecule has 1 N–H and O–H groups in total. The number of benzene rings is 2.